The fraction of sp³-hybridized carbons (Fsp3) is 0.500. The summed E-state index contributed by atoms with van der Waals surface area (Å²) in [6.45, 7) is 2.47. The highest BCUT2D eigenvalue weighted by Crippen LogP contribution is 2.42. The van der Waals surface area contributed by atoms with E-state index in [2.05, 4.69) is 0 Å². The van der Waals surface area contributed by atoms with Crippen molar-refractivity contribution in [3.63, 3.8) is 0 Å². The standard InChI is InChI=1S/C12H15BN2O4/c1-13(16)14-7-10-6-11(14)12(19-10)8-3-2-4-9(5-8)15(17)18/h2-5,10-12,16H,6-7H2,1H3. The Hall–Kier alpha value is -1.44. The molecule has 2 aliphatic heterocycles. The van der Waals surface area contributed by atoms with Gasteiger partial charge in [-0.05, 0) is 18.8 Å². The molecule has 2 saturated heterocycles. The summed E-state index contributed by atoms with van der Waals surface area (Å²) in [6.07, 6.45) is 0.801. The first-order chi connectivity index (χ1) is 9.06. The van der Waals surface area contributed by atoms with E-state index in [1.165, 1.54) is 6.07 Å². The molecule has 0 amide bonds. The minimum atomic E-state index is -0.514. The molecule has 2 heterocycles. The number of ether oxygens (including phenoxy) is 1. The molecule has 0 aliphatic carbocycles. The van der Waals surface area contributed by atoms with E-state index in [9.17, 15) is 15.1 Å². The number of benzene rings is 1. The molecule has 2 fully saturated rings. The molecule has 100 valence electrons. The second-order valence-electron chi connectivity index (χ2n) is 5.16. The lowest BCUT2D eigenvalue weighted by molar-refractivity contribution is -0.385. The maximum atomic E-state index is 10.8. The average Bonchev–Trinajstić information content (AvgIpc) is 2.98. The topological polar surface area (TPSA) is 75.8 Å². The number of nitro groups is 1. The zero-order valence-corrected chi connectivity index (χ0v) is 10.6. The van der Waals surface area contributed by atoms with Crippen molar-refractivity contribution in [2.75, 3.05) is 6.54 Å². The van der Waals surface area contributed by atoms with Gasteiger partial charge in [-0.3, -0.25) is 10.1 Å². The van der Waals surface area contributed by atoms with E-state index in [0.717, 1.165) is 18.5 Å². The molecular formula is C12H15BN2O4. The van der Waals surface area contributed by atoms with E-state index in [-0.39, 0.29) is 23.9 Å². The number of non-ortho nitro benzene ring substituents is 1. The molecule has 3 rings (SSSR count). The van der Waals surface area contributed by atoms with Crippen LogP contribution in [0.1, 0.15) is 18.1 Å². The van der Waals surface area contributed by atoms with Crippen LogP contribution < -0.4 is 0 Å². The highest BCUT2D eigenvalue weighted by Gasteiger charge is 2.48. The van der Waals surface area contributed by atoms with Crippen molar-refractivity contribution in [3.8, 4) is 0 Å². The first kappa shape index (κ1) is 12.6. The smallest absolute Gasteiger partial charge is 0.376 e. The molecule has 0 aromatic heterocycles. The van der Waals surface area contributed by atoms with Gasteiger partial charge in [-0.2, -0.15) is 0 Å². The molecule has 3 unspecified atom stereocenters. The largest absolute Gasteiger partial charge is 0.437 e. The molecule has 19 heavy (non-hydrogen) atoms. The van der Waals surface area contributed by atoms with Crippen LogP contribution in [-0.4, -0.2) is 40.5 Å². The lowest BCUT2D eigenvalue weighted by Crippen LogP contribution is -2.46. The van der Waals surface area contributed by atoms with Crippen LogP contribution in [0.4, 0.5) is 5.69 Å². The summed E-state index contributed by atoms with van der Waals surface area (Å²) >= 11 is 0. The zero-order valence-electron chi connectivity index (χ0n) is 10.6. The average molecular weight is 262 g/mol. The highest BCUT2D eigenvalue weighted by atomic mass is 16.6. The van der Waals surface area contributed by atoms with Gasteiger partial charge in [-0.25, -0.2) is 0 Å². The van der Waals surface area contributed by atoms with E-state index in [1.807, 2.05) is 10.9 Å². The van der Waals surface area contributed by atoms with Crippen LogP contribution in [0.15, 0.2) is 24.3 Å². The molecule has 6 nitrogen and oxygen atoms in total. The maximum absolute atomic E-state index is 10.8. The number of fused-ring (bicyclic) bond motifs is 2. The Morgan fingerprint density at radius 1 is 1.58 bits per heavy atom. The van der Waals surface area contributed by atoms with Gasteiger partial charge in [0.1, 0.15) is 0 Å². The Morgan fingerprint density at radius 2 is 2.37 bits per heavy atom. The van der Waals surface area contributed by atoms with Gasteiger partial charge in [0, 0.05) is 24.7 Å². The Balaban J connectivity index is 1.87. The molecule has 1 N–H and O–H groups in total. The third kappa shape index (κ3) is 2.14. The molecule has 1 aromatic rings. The number of nitrogens with zero attached hydrogens (tertiary/aromatic N) is 2. The van der Waals surface area contributed by atoms with Crippen molar-refractivity contribution in [1.29, 1.82) is 0 Å². The van der Waals surface area contributed by atoms with Gasteiger partial charge in [-0.1, -0.05) is 12.1 Å². The monoisotopic (exact) mass is 262 g/mol. The van der Waals surface area contributed by atoms with Gasteiger partial charge in [-0.15, -0.1) is 0 Å². The Labute approximate surface area is 111 Å². The zero-order chi connectivity index (χ0) is 13.6. The predicted octanol–water partition coefficient (Wildman–Crippen LogP) is 1.22. The second kappa shape index (κ2) is 4.59. The number of nitro benzene ring substituents is 1. The molecule has 3 atom stereocenters. The molecular weight excluding hydrogens is 247 g/mol. The Bertz CT molecular complexity index is 510. The van der Waals surface area contributed by atoms with Crippen LogP contribution in [-0.2, 0) is 4.74 Å². The summed E-state index contributed by atoms with van der Waals surface area (Å²) in [7, 11) is -0.514. The van der Waals surface area contributed by atoms with Crippen LogP contribution in [0.3, 0.4) is 0 Å². The van der Waals surface area contributed by atoms with Gasteiger partial charge < -0.3 is 14.6 Å². The molecule has 0 radical (unpaired) electrons. The van der Waals surface area contributed by atoms with E-state index in [4.69, 9.17) is 4.74 Å². The fourth-order valence-corrected chi connectivity index (χ4v) is 3.09. The lowest BCUT2D eigenvalue weighted by atomic mass is 9.82. The number of rotatable bonds is 3. The second-order valence-corrected chi connectivity index (χ2v) is 5.16. The van der Waals surface area contributed by atoms with Crippen molar-refractivity contribution in [3.05, 3.63) is 39.9 Å². The summed E-state index contributed by atoms with van der Waals surface area (Å²) in [5.74, 6) is 0. The summed E-state index contributed by atoms with van der Waals surface area (Å²) in [5.41, 5.74) is 0.888. The molecule has 0 spiro atoms. The van der Waals surface area contributed by atoms with Gasteiger partial charge >= 0.3 is 7.05 Å². The first-order valence-corrected chi connectivity index (χ1v) is 6.40. The molecule has 0 saturated carbocycles. The highest BCUT2D eigenvalue weighted by molar-refractivity contribution is 6.45. The fourth-order valence-electron chi connectivity index (χ4n) is 3.09. The van der Waals surface area contributed by atoms with Crippen LogP contribution in [0.25, 0.3) is 0 Å². The Morgan fingerprint density at radius 3 is 3.00 bits per heavy atom. The molecule has 1 aromatic carbocycles. The van der Waals surface area contributed by atoms with Crippen molar-refractivity contribution in [2.45, 2.75) is 31.5 Å². The quantitative estimate of drug-likeness (QED) is 0.503. The number of hydrogen-bond donors (Lipinski definition) is 1. The normalized spacial score (nSPS) is 29.7. The maximum Gasteiger partial charge on any atom is 0.376 e. The number of morpholine rings is 1. The minimum absolute atomic E-state index is 0.0764. The summed E-state index contributed by atoms with van der Waals surface area (Å²) in [5, 5.41) is 20.6. The molecule has 2 aliphatic rings. The summed E-state index contributed by atoms with van der Waals surface area (Å²) in [4.78, 5) is 12.4. The SMILES string of the molecule is CB(O)N1CC2CC1C(c1cccc([N+](=O)[O-])c1)O2. The van der Waals surface area contributed by atoms with Crippen molar-refractivity contribution in [2.24, 2.45) is 0 Å². The summed E-state index contributed by atoms with van der Waals surface area (Å²) in [6, 6.07) is 6.66. The van der Waals surface area contributed by atoms with Gasteiger partial charge in [0.15, 0.2) is 0 Å². The lowest BCUT2D eigenvalue weighted by Gasteiger charge is -2.33. The van der Waals surface area contributed by atoms with Crippen LogP contribution >= 0.6 is 0 Å². The van der Waals surface area contributed by atoms with Crippen molar-refractivity contribution in [1.82, 2.24) is 4.81 Å². The third-order valence-electron chi connectivity index (χ3n) is 3.92. The van der Waals surface area contributed by atoms with E-state index < -0.39 is 12.0 Å². The van der Waals surface area contributed by atoms with E-state index in [1.54, 1.807) is 19.0 Å². The first-order valence-electron chi connectivity index (χ1n) is 6.40. The number of hydrogen-bond acceptors (Lipinski definition) is 5. The van der Waals surface area contributed by atoms with Gasteiger partial charge in [0.05, 0.1) is 17.1 Å². The van der Waals surface area contributed by atoms with Crippen LogP contribution in [0, 0.1) is 10.1 Å². The van der Waals surface area contributed by atoms with E-state index >= 15 is 0 Å². The summed E-state index contributed by atoms with van der Waals surface area (Å²) < 4.78 is 5.89. The van der Waals surface area contributed by atoms with Crippen molar-refractivity contribution < 1.29 is 14.7 Å². The van der Waals surface area contributed by atoms with Crippen LogP contribution in [0.5, 0.6) is 0 Å². The van der Waals surface area contributed by atoms with E-state index in [0.29, 0.717) is 0 Å². The molecule has 7 heteroatoms. The van der Waals surface area contributed by atoms with Gasteiger partial charge in [0.2, 0.25) is 0 Å². The third-order valence-corrected chi connectivity index (χ3v) is 3.92. The van der Waals surface area contributed by atoms with Crippen LogP contribution in [0.2, 0.25) is 6.82 Å². The minimum Gasteiger partial charge on any atom is -0.437 e. The molecule has 2 bridgehead atoms. The predicted molar refractivity (Wildman–Crippen MR) is 69.7 cm³/mol. The Kier molecular flexibility index (Phi) is 3.04. The van der Waals surface area contributed by atoms with Gasteiger partial charge in [0.25, 0.3) is 5.69 Å². The van der Waals surface area contributed by atoms with Crippen molar-refractivity contribution >= 4 is 12.7 Å².